The first-order valence-corrected chi connectivity index (χ1v) is 7.68. The third-order valence-electron chi connectivity index (χ3n) is 4.11. The first-order valence-electron chi connectivity index (χ1n) is 6.89. The lowest BCUT2D eigenvalue weighted by atomic mass is 9.77. The molecule has 0 spiro atoms. The van der Waals surface area contributed by atoms with Crippen LogP contribution >= 0.6 is 15.9 Å². The van der Waals surface area contributed by atoms with Crippen LogP contribution in [0.25, 0.3) is 0 Å². The number of benzene rings is 2. The van der Waals surface area contributed by atoms with Crippen molar-refractivity contribution in [1.29, 1.82) is 0 Å². The maximum absolute atomic E-state index is 13.6. The molecule has 1 atom stereocenters. The van der Waals surface area contributed by atoms with Crippen molar-refractivity contribution in [3.05, 3.63) is 69.4 Å². The predicted octanol–water partition coefficient (Wildman–Crippen LogP) is 4.94. The molecule has 1 saturated carbocycles. The number of hydrogen-bond acceptors (Lipinski definition) is 1. The van der Waals surface area contributed by atoms with Crippen LogP contribution in [0, 0.1) is 5.82 Å². The van der Waals surface area contributed by atoms with Crippen LogP contribution in [0.1, 0.15) is 48.0 Å². The lowest BCUT2D eigenvalue weighted by Crippen LogP contribution is -2.14. The Hall–Kier alpha value is -1.19. The van der Waals surface area contributed by atoms with E-state index in [0.29, 0.717) is 16.0 Å². The zero-order chi connectivity index (χ0) is 14.1. The molecule has 0 heterocycles. The normalized spacial score (nSPS) is 16.8. The number of aliphatic hydroxyl groups is 1. The molecular formula is C17H16BrFO. The van der Waals surface area contributed by atoms with Crippen LogP contribution in [-0.4, -0.2) is 5.11 Å². The van der Waals surface area contributed by atoms with E-state index in [0.717, 1.165) is 5.56 Å². The second-order valence-corrected chi connectivity index (χ2v) is 6.10. The molecule has 1 nitrogen and oxygen atoms in total. The Morgan fingerprint density at radius 1 is 1.05 bits per heavy atom. The molecule has 1 aliphatic carbocycles. The SMILES string of the molecule is OC(c1ccccc1C1CCC1)c1cccc(F)c1Br. The van der Waals surface area contributed by atoms with Gasteiger partial charge >= 0.3 is 0 Å². The van der Waals surface area contributed by atoms with Crippen molar-refractivity contribution in [2.75, 3.05) is 0 Å². The Morgan fingerprint density at radius 2 is 1.75 bits per heavy atom. The van der Waals surface area contributed by atoms with E-state index in [9.17, 15) is 9.50 Å². The summed E-state index contributed by atoms with van der Waals surface area (Å²) in [6.07, 6.45) is 2.80. The number of halogens is 2. The summed E-state index contributed by atoms with van der Waals surface area (Å²) in [5, 5.41) is 10.6. The van der Waals surface area contributed by atoms with Gasteiger partial charge in [0, 0.05) is 5.56 Å². The van der Waals surface area contributed by atoms with Gasteiger partial charge in [-0.05, 0) is 51.9 Å². The van der Waals surface area contributed by atoms with Crippen LogP contribution in [0.4, 0.5) is 4.39 Å². The van der Waals surface area contributed by atoms with Crippen LogP contribution in [0.15, 0.2) is 46.9 Å². The van der Waals surface area contributed by atoms with Gasteiger partial charge in [0.15, 0.2) is 0 Å². The number of hydrogen-bond donors (Lipinski definition) is 1. The standard InChI is InChI=1S/C17H16BrFO/c18-16-14(9-4-10-15(16)19)17(20)13-8-2-1-7-12(13)11-5-3-6-11/h1-2,4,7-11,17,20H,3,5-6H2. The highest BCUT2D eigenvalue weighted by molar-refractivity contribution is 9.10. The van der Waals surface area contributed by atoms with E-state index < -0.39 is 6.10 Å². The summed E-state index contributed by atoms with van der Waals surface area (Å²) in [5.74, 6) is 0.191. The summed E-state index contributed by atoms with van der Waals surface area (Å²) in [6, 6.07) is 12.7. The van der Waals surface area contributed by atoms with E-state index in [1.807, 2.05) is 18.2 Å². The van der Waals surface area contributed by atoms with Crippen LogP contribution in [0.3, 0.4) is 0 Å². The molecule has 3 heteroatoms. The maximum atomic E-state index is 13.6. The highest BCUT2D eigenvalue weighted by atomic mass is 79.9. The lowest BCUT2D eigenvalue weighted by molar-refractivity contribution is 0.215. The fourth-order valence-corrected chi connectivity index (χ4v) is 3.23. The zero-order valence-electron chi connectivity index (χ0n) is 11.0. The minimum absolute atomic E-state index is 0.343. The minimum atomic E-state index is -0.795. The second-order valence-electron chi connectivity index (χ2n) is 5.30. The molecule has 0 radical (unpaired) electrons. The van der Waals surface area contributed by atoms with Gasteiger partial charge in [-0.1, -0.05) is 42.8 Å². The summed E-state index contributed by atoms with van der Waals surface area (Å²) in [5.41, 5.74) is 2.67. The minimum Gasteiger partial charge on any atom is -0.384 e. The van der Waals surface area contributed by atoms with Crippen molar-refractivity contribution in [3.8, 4) is 0 Å². The molecule has 0 aromatic heterocycles. The van der Waals surface area contributed by atoms with E-state index in [-0.39, 0.29) is 5.82 Å². The lowest BCUT2D eigenvalue weighted by Gasteiger charge is -2.29. The second kappa shape index (κ2) is 5.66. The van der Waals surface area contributed by atoms with E-state index in [4.69, 9.17) is 0 Å². The predicted molar refractivity (Wildman–Crippen MR) is 81.2 cm³/mol. The van der Waals surface area contributed by atoms with Gasteiger partial charge in [0.25, 0.3) is 0 Å². The van der Waals surface area contributed by atoms with Gasteiger partial charge in [-0.3, -0.25) is 0 Å². The quantitative estimate of drug-likeness (QED) is 0.843. The van der Waals surface area contributed by atoms with E-state index >= 15 is 0 Å². The molecule has 0 aliphatic heterocycles. The molecule has 1 N–H and O–H groups in total. The third kappa shape index (κ3) is 2.40. The molecule has 0 amide bonds. The molecule has 0 saturated heterocycles. The highest BCUT2D eigenvalue weighted by Crippen LogP contribution is 2.41. The number of aliphatic hydroxyl groups excluding tert-OH is 1. The van der Waals surface area contributed by atoms with Crippen LogP contribution in [-0.2, 0) is 0 Å². The van der Waals surface area contributed by atoms with Gasteiger partial charge in [-0.2, -0.15) is 0 Å². The smallest absolute Gasteiger partial charge is 0.137 e. The molecule has 0 bridgehead atoms. The molecule has 1 aliphatic rings. The van der Waals surface area contributed by atoms with Crippen molar-refractivity contribution in [2.45, 2.75) is 31.3 Å². The molecule has 104 valence electrons. The van der Waals surface area contributed by atoms with Crippen molar-refractivity contribution >= 4 is 15.9 Å². The van der Waals surface area contributed by atoms with Gasteiger partial charge in [-0.15, -0.1) is 0 Å². The van der Waals surface area contributed by atoms with Crippen LogP contribution in [0.2, 0.25) is 0 Å². The monoisotopic (exact) mass is 334 g/mol. The third-order valence-corrected chi connectivity index (χ3v) is 4.95. The fraction of sp³-hybridized carbons (Fsp3) is 0.294. The Kier molecular flexibility index (Phi) is 3.90. The van der Waals surface area contributed by atoms with E-state index in [2.05, 4.69) is 22.0 Å². The Balaban J connectivity index is 2.02. The zero-order valence-corrected chi connectivity index (χ0v) is 12.6. The van der Waals surface area contributed by atoms with Gasteiger partial charge in [0.05, 0.1) is 4.47 Å². The Morgan fingerprint density at radius 3 is 2.45 bits per heavy atom. The average molecular weight is 335 g/mol. The molecular weight excluding hydrogens is 319 g/mol. The van der Waals surface area contributed by atoms with Gasteiger partial charge in [-0.25, -0.2) is 4.39 Å². The summed E-state index contributed by atoms with van der Waals surface area (Å²) < 4.78 is 14.0. The van der Waals surface area contributed by atoms with Gasteiger partial charge < -0.3 is 5.11 Å². The van der Waals surface area contributed by atoms with Crippen molar-refractivity contribution < 1.29 is 9.50 Å². The fourth-order valence-electron chi connectivity index (χ4n) is 2.75. The summed E-state index contributed by atoms with van der Waals surface area (Å²) in [7, 11) is 0. The molecule has 20 heavy (non-hydrogen) atoms. The first-order chi connectivity index (χ1) is 9.68. The van der Waals surface area contributed by atoms with Crippen molar-refractivity contribution in [1.82, 2.24) is 0 Å². The molecule has 1 unspecified atom stereocenters. The first kappa shape index (κ1) is 13.8. The summed E-state index contributed by atoms with van der Waals surface area (Å²) in [4.78, 5) is 0. The topological polar surface area (TPSA) is 20.2 Å². The largest absolute Gasteiger partial charge is 0.384 e. The maximum Gasteiger partial charge on any atom is 0.137 e. The molecule has 1 fully saturated rings. The Bertz CT molecular complexity index is 622. The van der Waals surface area contributed by atoms with Crippen LogP contribution < -0.4 is 0 Å². The molecule has 3 rings (SSSR count). The molecule has 2 aromatic rings. The van der Waals surface area contributed by atoms with Gasteiger partial charge in [0.1, 0.15) is 11.9 Å². The van der Waals surface area contributed by atoms with Crippen LogP contribution in [0.5, 0.6) is 0 Å². The highest BCUT2D eigenvalue weighted by Gasteiger charge is 2.25. The van der Waals surface area contributed by atoms with E-state index in [1.54, 1.807) is 12.1 Å². The summed E-state index contributed by atoms with van der Waals surface area (Å²) >= 11 is 3.24. The average Bonchev–Trinajstić information content (AvgIpc) is 2.40. The molecule has 2 aromatic carbocycles. The van der Waals surface area contributed by atoms with Crippen molar-refractivity contribution in [2.24, 2.45) is 0 Å². The van der Waals surface area contributed by atoms with Gasteiger partial charge in [0.2, 0.25) is 0 Å². The Labute approximate surface area is 126 Å². The number of rotatable bonds is 3. The summed E-state index contributed by atoms with van der Waals surface area (Å²) in [6.45, 7) is 0. The van der Waals surface area contributed by atoms with Crippen molar-refractivity contribution in [3.63, 3.8) is 0 Å². The van der Waals surface area contributed by atoms with E-state index in [1.165, 1.54) is 30.9 Å².